The molecule has 0 saturated carbocycles. The Kier molecular flexibility index (Phi) is 4.14. The number of rotatable bonds is 2. The molecule has 5 nitrogen and oxygen atoms in total. The van der Waals surface area contributed by atoms with E-state index < -0.39 is 0 Å². The molecule has 0 aliphatic carbocycles. The van der Waals surface area contributed by atoms with Crippen molar-refractivity contribution in [2.24, 2.45) is 17.0 Å². The summed E-state index contributed by atoms with van der Waals surface area (Å²) in [6.45, 7) is 11.2. The Labute approximate surface area is 114 Å². The summed E-state index contributed by atoms with van der Waals surface area (Å²) in [5.74, 6) is 1.17. The fourth-order valence-corrected chi connectivity index (χ4v) is 2.46. The van der Waals surface area contributed by atoms with E-state index in [0.717, 1.165) is 25.2 Å². The molecule has 0 bridgehead atoms. The van der Waals surface area contributed by atoms with Gasteiger partial charge in [0.2, 0.25) is 5.96 Å². The highest BCUT2D eigenvalue weighted by atomic mass is 15.3. The first-order valence-electron chi connectivity index (χ1n) is 6.54. The van der Waals surface area contributed by atoms with E-state index in [-0.39, 0.29) is 0 Å². The first kappa shape index (κ1) is 13.5. The normalized spacial score (nSPS) is 20.4. The van der Waals surface area contributed by atoms with Crippen molar-refractivity contribution >= 4 is 12.7 Å². The summed E-state index contributed by atoms with van der Waals surface area (Å²) < 4.78 is 1.85. The van der Waals surface area contributed by atoms with Crippen molar-refractivity contribution in [1.29, 1.82) is 0 Å². The van der Waals surface area contributed by atoms with Crippen LogP contribution in [0.4, 0.5) is 0 Å². The lowest BCUT2D eigenvalue weighted by molar-refractivity contribution is 0.306. The largest absolute Gasteiger partial charge is 0.340 e. The Balaban J connectivity index is 2.12. The Morgan fingerprint density at radius 3 is 2.89 bits per heavy atom. The number of nitrogens with zero attached hydrogens (tertiary/aromatic N) is 5. The van der Waals surface area contributed by atoms with Crippen LogP contribution in [0.3, 0.4) is 0 Å². The van der Waals surface area contributed by atoms with Crippen molar-refractivity contribution in [3.8, 4) is 0 Å². The van der Waals surface area contributed by atoms with Crippen molar-refractivity contribution in [2.75, 3.05) is 13.1 Å². The van der Waals surface area contributed by atoms with Crippen molar-refractivity contribution < 1.29 is 0 Å². The topological polar surface area (TPSA) is 45.8 Å². The fourth-order valence-electron chi connectivity index (χ4n) is 2.46. The third kappa shape index (κ3) is 3.30. The van der Waals surface area contributed by atoms with Gasteiger partial charge in [-0.25, -0.2) is 9.98 Å². The predicted octanol–water partition coefficient (Wildman–Crippen LogP) is 2.19. The third-order valence-electron chi connectivity index (χ3n) is 3.33. The summed E-state index contributed by atoms with van der Waals surface area (Å²) in [6.07, 6.45) is 6.35. The van der Waals surface area contributed by atoms with E-state index in [0.29, 0.717) is 11.9 Å². The van der Waals surface area contributed by atoms with Gasteiger partial charge in [0.05, 0.1) is 6.20 Å². The lowest BCUT2D eigenvalue weighted by atomic mass is 9.93. The minimum Gasteiger partial charge on any atom is -0.340 e. The maximum atomic E-state index is 4.35. The molecule has 1 aliphatic heterocycles. The van der Waals surface area contributed by atoms with E-state index in [2.05, 4.69) is 39.5 Å². The van der Waals surface area contributed by atoms with E-state index in [1.165, 1.54) is 12.0 Å². The predicted molar refractivity (Wildman–Crippen MR) is 78.6 cm³/mol. The molecule has 1 aliphatic rings. The van der Waals surface area contributed by atoms with Crippen LogP contribution in [0.5, 0.6) is 0 Å². The Hall–Kier alpha value is -1.91. The highest BCUT2D eigenvalue weighted by Crippen LogP contribution is 2.26. The van der Waals surface area contributed by atoms with Gasteiger partial charge in [0.15, 0.2) is 0 Å². The van der Waals surface area contributed by atoms with Crippen molar-refractivity contribution in [1.82, 2.24) is 14.7 Å². The van der Waals surface area contributed by atoms with Crippen LogP contribution < -0.4 is 0 Å². The van der Waals surface area contributed by atoms with Crippen LogP contribution in [0.1, 0.15) is 31.2 Å². The standard InChI is InChI=1S/C14H21N5/c1-11(2)17-14(15-3)19-7-5-6-12(10-19)13-8-16-18(4)9-13/h8-9,12H,1,3,5-7,10H2,2,4H3. The van der Waals surface area contributed by atoms with Crippen molar-refractivity contribution in [2.45, 2.75) is 25.7 Å². The van der Waals surface area contributed by atoms with Crippen molar-refractivity contribution in [3.63, 3.8) is 0 Å². The van der Waals surface area contributed by atoms with Crippen molar-refractivity contribution in [3.05, 3.63) is 30.2 Å². The number of piperidine rings is 1. The molecular formula is C14H21N5. The fraction of sp³-hybridized carbons (Fsp3) is 0.500. The zero-order chi connectivity index (χ0) is 13.8. The molecule has 1 aromatic heterocycles. The number of hydrogen-bond donors (Lipinski definition) is 0. The average molecular weight is 259 g/mol. The number of aryl methyl sites for hydroxylation is 1. The number of likely N-dealkylation sites (tertiary alicyclic amines) is 1. The van der Waals surface area contributed by atoms with Crippen LogP contribution in [0.2, 0.25) is 0 Å². The maximum absolute atomic E-state index is 4.35. The van der Waals surface area contributed by atoms with Crippen LogP contribution in [0, 0.1) is 0 Å². The molecule has 0 aromatic carbocycles. The quantitative estimate of drug-likeness (QED) is 0.603. The first-order chi connectivity index (χ1) is 9.10. The monoisotopic (exact) mass is 259 g/mol. The van der Waals surface area contributed by atoms with Gasteiger partial charge >= 0.3 is 0 Å². The molecule has 0 radical (unpaired) electrons. The SMILES string of the molecule is C=NC(=NC(=C)C)N1CCCC(c2cnn(C)c2)C1. The number of hydrogen-bond acceptors (Lipinski definition) is 2. The summed E-state index contributed by atoms with van der Waals surface area (Å²) >= 11 is 0. The number of allylic oxidation sites excluding steroid dienone is 1. The average Bonchev–Trinajstić information content (AvgIpc) is 2.82. The van der Waals surface area contributed by atoms with E-state index in [9.17, 15) is 0 Å². The van der Waals surface area contributed by atoms with E-state index >= 15 is 0 Å². The molecule has 2 heterocycles. The molecule has 0 spiro atoms. The van der Waals surface area contributed by atoms with Crippen LogP contribution >= 0.6 is 0 Å². The molecule has 1 unspecified atom stereocenters. The van der Waals surface area contributed by atoms with Crippen LogP contribution in [-0.2, 0) is 7.05 Å². The first-order valence-corrected chi connectivity index (χ1v) is 6.54. The number of aromatic nitrogens is 2. The van der Waals surface area contributed by atoms with E-state index in [1.807, 2.05) is 24.9 Å². The molecule has 5 heteroatoms. The zero-order valence-corrected chi connectivity index (χ0v) is 11.7. The summed E-state index contributed by atoms with van der Waals surface area (Å²) in [5, 5.41) is 4.25. The van der Waals surface area contributed by atoms with Gasteiger partial charge in [0, 0.05) is 37.9 Å². The smallest absolute Gasteiger partial charge is 0.224 e. The third-order valence-corrected chi connectivity index (χ3v) is 3.33. The van der Waals surface area contributed by atoms with Gasteiger partial charge in [0.1, 0.15) is 0 Å². The summed E-state index contributed by atoms with van der Waals surface area (Å²) in [7, 11) is 1.95. The van der Waals surface area contributed by atoms with E-state index in [1.54, 1.807) is 0 Å². The van der Waals surface area contributed by atoms with Gasteiger partial charge < -0.3 is 4.90 Å². The van der Waals surface area contributed by atoms with Gasteiger partial charge in [-0.1, -0.05) is 6.58 Å². The van der Waals surface area contributed by atoms with Gasteiger partial charge in [-0.15, -0.1) is 0 Å². The highest BCUT2D eigenvalue weighted by molar-refractivity contribution is 5.85. The zero-order valence-electron chi connectivity index (χ0n) is 11.7. The number of aliphatic imine (C=N–C) groups is 2. The van der Waals surface area contributed by atoms with Gasteiger partial charge in [-0.05, 0) is 32.0 Å². The maximum Gasteiger partial charge on any atom is 0.224 e. The molecule has 19 heavy (non-hydrogen) atoms. The minimum absolute atomic E-state index is 0.486. The molecule has 2 rings (SSSR count). The molecule has 1 atom stereocenters. The van der Waals surface area contributed by atoms with Crippen LogP contribution in [0.15, 0.2) is 34.7 Å². The summed E-state index contributed by atoms with van der Waals surface area (Å²) in [6, 6.07) is 0. The molecule has 1 saturated heterocycles. The Bertz CT molecular complexity index is 500. The molecule has 0 amide bonds. The van der Waals surface area contributed by atoms with Gasteiger partial charge in [-0.2, -0.15) is 5.10 Å². The summed E-state index contributed by atoms with van der Waals surface area (Å²) in [4.78, 5) is 10.6. The second kappa shape index (κ2) is 5.82. The van der Waals surface area contributed by atoms with Crippen LogP contribution in [-0.4, -0.2) is 40.4 Å². The Morgan fingerprint density at radius 2 is 2.32 bits per heavy atom. The van der Waals surface area contributed by atoms with Gasteiger partial charge in [-0.3, -0.25) is 4.68 Å². The highest BCUT2D eigenvalue weighted by Gasteiger charge is 2.24. The molecule has 102 valence electrons. The van der Waals surface area contributed by atoms with E-state index in [4.69, 9.17) is 0 Å². The minimum atomic E-state index is 0.486. The Morgan fingerprint density at radius 1 is 1.53 bits per heavy atom. The summed E-state index contributed by atoms with van der Waals surface area (Å²) in [5.41, 5.74) is 2.04. The van der Waals surface area contributed by atoms with Crippen LogP contribution in [0.25, 0.3) is 0 Å². The lowest BCUT2D eigenvalue weighted by Gasteiger charge is -2.32. The molecule has 1 aromatic rings. The lowest BCUT2D eigenvalue weighted by Crippen LogP contribution is -2.38. The second-order valence-corrected chi connectivity index (χ2v) is 5.04. The van der Waals surface area contributed by atoms with Gasteiger partial charge in [0.25, 0.3) is 0 Å². The molecule has 1 fully saturated rings. The molecule has 0 N–H and O–H groups in total. The number of guanidine groups is 1. The second-order valence-electron chi connectivity index (χ2n) is 5.04. The molecular weight excluding hydrogens is 238 g/mol.